The molecule has 2 N–H and O–H groups in total. The van der Waals surface area contributed by atoms with Crippen molar-refractivity contribution in [3.8, 4) is 12.0 Å². The first-order valence-electron chi connectivity index (χ1n) is 9.05. The third-order valence-electron chi connectivity index (χ3n) is 4.29. The number of hydrogen-bond donors (Lipinski definition) is 2. The summed E-state index contributed by atoms with van der Waals surface area (Å²) < 4.78 is 42.8. The molecule has 0 aliphatic carbocycles. The summed E-state index contributed by atoms with van der Waals surface area (Å²) in [7, 11) is 0. The van der Waals surface area contributed by atoms with Gasteiger partial charge in [0.2, 0.25) is 0 Å². The second-order valence-electron chi connectivity index (χ2n) is 6.45. The van der Waals surface area contributed by atoms with Gasteiger partial charge in [-0.05, 0) is 77.0 Å². The van der Waals surface area contributed by atoms with Gasteiger partial charge in [0.1, 0.15) is 11.9 Å². The van der Waals surface area contributed by atoms with Crippen molar-refractivity contribution in [3.05, 3.63) is 92.3 Å². The van der Waals surface area contributed by atoms with E-state index in [1.165, 1.54) is 6.07 Å². The van der Waals surface area contributed by atoms with Gasteiger partial charge in [0.15, 0.2) is 11.6 Å². The average molecular weight is 536 g/mol. The summed E-state index contributed by atoms with van der Waals surface area (Å²) in [6.07, 6.45) is 2.31. The van der Waals surface area contributed by atoms with E-state index < -0.39 is 23.4 Å². The van der Waals surface area contributed by atoms with Crippen LogP contribution >= 0.6 is 22.6 Å². The summed E-state index contributed by atoms with van der Waals surface area (Å²) in [6, 6.07) is 13.5. The molecule has 0 saturated heterocycles. The minimum atomic E-state index is -1.20. The molecule has 0 bridgehead atoms. The van der Waals surface area contributed by atoms with E-state index in [4.69, 9.17) is 4.84 Å². The van der Waals surface area contributed by atoms with Crippen LogP contribution < -0.4 is 10.8 Å². The van der Waals surface area contributed by atoms with Crippen molar-refractivity contribution in [1.29, 1.82) is 0 Å². The first-order chi connectivity index (χ1) is 14.9. The van der Waals surface area contributed by atoms with Crippen molar-refractivity contribution in [2.75, 3.05) is 5.32 Å². The Morgan fingerprint density at radius 3 is 2.58 bits per heavy atom. The van der Waals surface area contributed by atoms with E-state index in [9.17, 15) is 18.0 Å². The summed E-state index contributed by atoms with van der Waals surface area (Å²) in [4.78, 5) is 17.2. The second kappa shape index (κ2) is 10.2. The van der Waals surface area contributed by atoms with Gasteiger partial charge in [0.25, 0.3) is 5.91 Å². The highest BCUT2D eigenvalue weighted by Gasteiger charge is 2.20. The minimum absolute atomic E-state index is 0.0760. The summed E-state index contributed by atoms with van der Waals surface area (Å²) >= 11 is 2.13. The number of halogens is 4. The Morgan fingerprint density at radius 2 is 1.84 bits per heavy atom. The number of hydrogen-bond acceptors (Lipinski definition) is 3. The summed E-state index contributed by atoms with van der Waals surface area (Å²) in [5.41, 5.74) is 3.24. The van der Waals surface area contributed by atoms with Crippen LogP contribution in [0.15, 0.2) is 54.6 Å². The van der Waals surface area contributed by atoms with E-state index in [-0.39, 0.29) is 17.7 Å². The van der Waals surface area contributed by atoms with Crippen LogP contribution in [-0.4, -0.2) is 5.91 Å². The Balaban J connectivity index is 1.73. The fraction of sp³-hybridized carbons (Fsp3) is 0.0870. The van der Waals surface area contributed by atoms with Gasteiger partial charge in [-0.2, -0.15) is 5.48 Å². The standard InChI is InChI=1S/C23H16F3IN2O2/c1-14-13-16(27)8-11-20(14)28-22-17(9-10-19(25)21(22)26)23(30)29-31-12-4-6-15-5-2-3-7-18(15)24/h2-3,5,7-11,13,28H,6H2,1H3,(H,29,30). The normalized spacial score (nSPS) is 10.1. The molecule has 0 saturated carbocycles. The smallest absolute Gasteiger partial charge is 0.286 e. The first-order valence-corrected chi connectivity index (χ1v) is 10.1. The van der Waals surface area contributed by atoms with Gasteiger partial charge in [-0.1, -0.05) is 24.1 Å². The molecule has 31 heavy (non-hydrogen) atoms. The zero-order valence-electron chi connectivity index (χ0n) is 16.2. The molecule has 0 aliphatic rings. The molecule has 1 amide bonds. The van der Waals surface area contributed by atoms with Crippen molar-refractivity contribution < 1.29 is 22.8 Å². The highest BCUT2D eigenvalue weighted by atomic mass is 127. The van der Waals surface area contributed by atoms with Crippen molar-refractivity contribution in [3.63, 3.8) is 0 Å². The van der Waals surface area contributed by atoms with E-state index in [1.807, 2.05) is 6.07 Å². The van der Waals surface area contributed by atoms with Crippen LogP contribution in [0.2, 0.25) is 0 Å². The van der Waals surface area contributed by atoms with Crippen LogP contribution in [0, 0.1) is 40.0 Å². The lowest BCUT2D eigenvalue weighted by atomic mass is 10.1. The van der Waals surface area contributed by atoms with E-state index in [1.54, 1.807) is 37.3 Å². The highest BCUT2D eigenvalue weighted by molar-refractivity contribution is 14.1. The Bertz CT molecular complexity index is 1190. The molecule has 3 rings (SSSR count). The maximum absolute atomic E-state index is 14.5. The Kier molecular flexibility index (Phi) is 7.41. The largest absolute Gasteiger partial charge is 0.352 e. The summed E-state index contributed by atoms with van der Waals surface area (Å²) in [6.45, 7) is 1.80. The molecule has 0 radical (unpaired) electrons. The molecule has 0 unspecified atom stereocenters. The number of amides is 1. The Labute approximate surface area is 190 Å². The molecule has 4 nitrogen and oxygen atoms in total. The van der Waals surface area contributed by atoms with E-state index in [0.29, 0.717) is 11.3 Å². The molecule has 158 valence electrons. The molecule has 0 aromatic heterocycles. The topological polar surface area (TPSA) is 50.4 Å². The predicted octanol–water partition coefficient (Wildman–Crippen LogP) is 5.63. The number of carbonyl (C=O) groups excluding carboxylic acids is 1. The van der Waals surface area contributed by atoms with Crippen LogP contribution in [0.4, 0.5) is 24.5 Å². The van der Waals surface area contributed by atoms with E-state index in [0.717, 1.165) is 21.3 Å². The van der Waals surface area contributed by atoms with Crippen LogP contribution in [-0.2, 0) is 11.3 Å². The van der Waals surface area contributed by atoms with Gasteiger partial charge < -0.3 is 10.2 Å². The zero-order chi connectivity index (χ0) is 22.4. The van der Waals surface area contributed by atoms with Gasteiger partial charge >= 0.3 is 0 Å². The van der Waals surface area contributed by atoms with Gasteiger partial charge in [0, 0.05) is 15.7 Å². The number of anilines is 2. The first kappa shape index (κ1) is 22.5. The molecule has 0 atom stereocenters. The number of aryl methyl sites for hydroxylation is 1. The summed E-state index contributed by atoms with van der Waals surface area (Å²) in [5, 5.41) is 2.77. The third kappa shape index (κ3) is 5.70. The fourth-order valence-electron chi connectivity index (χ4n) is 2.70. The number of rotatable bonds is 5. The molecule has 3 aromatic rings. The van der Waals surface area contributed by atoms with Crippen LogP contribution in [0.25, 0.3) is 0 Å². The SMILES string of the molecule is Cc1cc(I)ccc1Nc1c(C(=O)NOC#CCc2ccccc2F)ccc(F)c1F. The summed E-state index contributed by atoms with van der Waals surface area (Å²) in [5.74, 6) is -0.970. The quantitative estimate of drug-likeness (QED) is 0.253. The van der Waals surface area contributed by atoms with Crippen molar-refractivity contribution in [2.45, 2.75) is 13.3 Å². The van der Waals surface area contributed by atoms with Crippen LogP contribution in [0.3, 0.4) is 0 Å². The molecule has 0 fully saturated rings. The zero-order valence-corrected chi connectivity index (χ0v) is 18.4. The van der Waals surface area contributed by atoms with Gasteiger partial charge in [-0.3, -0.25) is 4.79 Å². The van der Waals surface area contributed by atoms with Crippen LogP contribution in [0.5, 0.6) is 0 Å². The lowest BCUT2D eigenvalue weighted by Gasteiger charge is -2.15. The molecule has 0 heterocycles. The lowest BCUT2D eigenvalue weighted by molar-refractivity contribution is 0.0700. The molecule has 0 aliphatic heterocycles. The molecule has 3 aromatic carbocycles. The molecule has 8 heteroatoms. The van der Waals surface area contributed by atoms with Crippen molar-refractivity contribution in [2.24, 2.45) is 0 Å². The second-order valence-corrected chi connectivity index (χ2v) is 7.69. The molecule has 0 spiro atoms. The van der Waals surface area contributed by atoms with Gasteiger partial charge in [0.05, 0.1) is 11.3 Å². The highest BCUT2D eigenvalue weighted by Crippen LogP contribution is 2.28. The van der Waals surface area contributed by atoms with Crippen molar-refractivity contribution >= 4 is 39.9 Å². The van der Waals surface area contributed by atoms with Crippen LogP contribution in [0.1, 0.15) is 21.5 Å². The fourth-order valence-corrected chi connectivity index (χ4v) is 3.35. The number of carbonyl (C=O) groups is 1. The molecular formula is C23H16F3IN2O2. The lowest BCUT2D eigenvalue weighted by Crippen LogP contribution is -2.23. The maximum atomic E-state index is 14.5. The maximum Gasteiger partial charge on any atom is 0.286 e. The van der Waals surface area contributed by atoms with Gasteiger partial charge in [-0.25, -0.2) is 13.2 Å². The number of hydroxylamine groups is 1. The van der Waals surface area contributed by atoms with Gasteiger partial charge in [-0.15, -0.1) is 0 Å². The Morgan fingerprint density at radius 1 is 1.06 bits per heavy atom. The molecular weight excluding hydrogens is 520 g/mol. The van der Waals surface area contributed by atoms with E-state index in [2.05, 4.69) is 45.4 Å². The van der Waals surface area contributed by atoms with E-state index >= 15 is 0 Å². The number of benzene rings is 3. The van der Waals surface area contributed by atoms with Crippen molar-refractivity contribution in [1.82, 2.24) is 5.48 Å². The monoisotopic (exact) mass is 536 g/mol. The average Bonchev–Trinajstić information content (AvgIpc) is 2.74. The minimum Gasteiger partial charge on any atom is -0.352 e. The third-order valence-corrected chi connectivity index (χ3v) is 4.96. The number of nitrogens with one attached hydrogen (secondary N) is 2. The Hall–Kier alpha value is -3.19. The predicted molar refractivity (Wildman–Crippen MR) is 120 cm³/mol.